The lowest BCUT2D eigenvalue weighted by Gasteiger charge is -2.35. The molecule has 0 aliphatic heterocycles. The van der Waals surface area contributed by atoms with Gasteiger partial charge in [-0.2, -0.15) is 0 Å². The summed E-state index contributed by atoms with van der Waals surface area (Å²) in [6.07, 6.45) is 20.4. The van der Waals surface area contributed by atoms with Gasteiger partial charge in [-0.1, -0.05) is 125 Å². The zero-order chi connectivity index (χ0) is 18.7. The second kappa shape index (κ2) is 12.4. The standard InChI is InChI=1S/C25H50/c1-7-8-9-10-11-15-24-18-16-21(2)13-12-14-23(4)25(5,6)20-22(3)17-19-24/h21-24H,7-20H2,1-6H3. The van der Waals surface area contributed by atoms with Crippen LogP contribution in [0.15, 0.2) is 0 Å². The van der Waals surface area contributed by atoms with Crippen molar-refractivity contribution in [3.63, 3.8) is 0 Å². The molecule has 0 bridgehead atoms. The highest BCUT2D eigenvalue weighted by Crippen LogP contribution is 2.39. The summed E-state index contributed by atoms with van der Waals surface area (Å²) in [7, 11) is 0. The van der Waals surface area contributed by atoms with Gasteiger partial charge in [-0.15, -0.1) is 0 Å². The van der Waals surface area contributed by atoms with Crippen LogP contribution >= 0.6 is 0 Å². The van der Waals surface area contributed by atoms with E-state index in [9.17, 15) is 0 Å². The Balaban J connectivity index is 2.55. The molecule has 0 nitrogen and oxygen atoms in total. The van der Waals surface area contributed by atoms with Gasteiger partial charge in [0.15, 0.2) is 0 Å². The molecular weight excluding hydrogens is 300 g/mol. The van der Waals surface area contributed by atoms with E-state index in [2.05, 4.69) is 41.5 Å². The summed E-state index contributed by atoms with van der Waals surface area (Å²) in [4.78, 5) is 0. The van der Waals surface area contributed by atoms with Crippen LogP contribution in [0.3, 0.4) is 0 Å². The molecule has 0 N–H and O–H groups in total. The van der Waals surface area contributed by atoms with Gasteiger partial charge in [0.2, 0.25) is 0 Å². The molecule has 0 heterocycles. The molecule has 0 spiro atoms. The summed E-state index contributed by atoms with van der Waals surface area (Å²) in [5.41, 5.74) is 0.520. The highest BCUT2D eigenvalue weighted by molar-refractivity contribution is 4.79. The molecule has 0 amide bonds. The maximum atomic E-state index is 2.53. The van der Waals surface area contributed by atoms with Crippen molar-refractivity contribution in [3.05, 3.63) is 0 Å². The average Bonchev–Trinajstić information content (AvgIpc) is 2.55. The van der Waals surface area contributed by atoms with E-state index in [-0.39, 0.29) is 0 Å². The topological polar surface area (TPSA) is 0 Å². The third kappa shape index (κ3) is 10.0. The van der Waals surface area contributed by atoms with Crippen LogP contribution in [0.4, 0.5) is 0 Å². The Kier molecular flexibility index (Phi) is 11.4. The van der Waals surface area contributed by atoms with Crippen molar-refractivity contribution in [3.8, 4) is 0 Å². The fourth-order valence-corrected chi connectivity index (χ4v) is 5.02. The molecule has 0 radical (unpaired) electrons. The van der Waals surface area contributed by atoms with Crippen LogP contribution < -0.4 is 0 Å². The van der Waals surface area contributed by atoms with Gasteiger partial charge in [0, 0.05) is 0 Å². The Labute approximate surface area is 160 Å². The molecule has 1 aliphatic rings. The van der Waals surface area contributed by atoms with E-state index in [1.807, 2.05) is 0 Å². The zero-order valence-electron chi connectivity index (χ0n) is 18.7. The first-order chi connectivity index (χ1) is 11.8. The molecule has 1 rings (SSSR count). The molecule has 1 saturated carbocycles. The van der Waals surface area contributed by atoms with Gasteiger partial charge in [-0.3, -0.25) is 0 Å². The second-order valence-electron chi connectivity index (χ2n) is 10.5. The molecule has 150 valence electrons. The highest BCUT2D eigenvalue weighted by Gasteiger charge is 2.28. The zero-order valence-corrected chi connectivity index (χ0v) is 18.7. The third-order valence-corrected chi connectivity index (χ3v) is 7.39. The van der Waals surface area contributed by atoms with Crippen molar-refractivity contribution in [2.45, 2.75) is 131 Å². The van der Waals surface area contributed by atoms with Gasteiger partial charge in [0.05, 0.1) is 0 Å². The minimum absolute atomic E-state index is 0.520. The van der Waals surface area contributed by atoms with Crippen molar-refractivity contribution in [1.29, 1.82) is 0 Å². The van der Waals surface area contributed by atoms with Crippen molar-refractivity contribution in [2.75, 3.05) is 0 Å². The monoisotopic (exact) mass is 350 g/mol. The first-order valence-corrected chi connectivity index (χ1v) is 11.8. The van der Waals surface area contributed by atoms with E-state index >= 15 is 0 Å². The molecule has 0 saturated heterocycles. The number of unbranched alkanes of at least 4 members (excludes halogenated alkanes) is 4. The number of hydrogen-bond donors (Lipinski definition) is 0. The maximum Gasteiger partial charge on any atom is -0.0326 e. The molecule has 25 heavy (non-hydrogen) atoms. The van der Waals surface area contributed by atoms with Crippen molar-refractivity contribution in [2.24, 2.45) is 29.1 Å². The Morgan fingerprint density at radius 2 is 1.36 bits per heavy atom. The van der Waals surface area contributed by atoms with E-state index in [0.29, 0.717) is 5.41 Å². The summed E-state index contributed by atoms with van der Waals surface area (Å²) >= 11 is 0. The van der Waals surface area contributed by atoms with Crippen molar-refractivity contribution in [1.82, 2.24) is 0 Å². The Morgan fingerprint density at radius 1 is 0.720 bits per heavy atom. The van der Waals surface area contributed by atoms with Gasteiger partial charge in [0.25, 0.3) is 0 Å². The van der Waals surface area contributed by atoms with Gasteiger partial charge in [-0.05, 0) is 35.5 Å². The Morgan fingerprint density at radius 3 is 2.04 bits per heavy atom. The van der Waals surface area contributed by atoms with E-state index in [0.717, 1.165) is 23.7 Å². The lowest BCUT2D eigenvalue weighted by atomic mass is 9.71. The summed E-state index contributed by atoms with van der Waals surface area (Å²) < 4.78 is 0. The lowest BCUT2D eigenvalue weighted by Crippen LogP contribution is -2.24. The molecule has 0 aromatic rings. The summed E-state index contributed by atoms with van der Waals surface area (Å²) in [6, 6.07) is 0. The average molecular weight is 351 g/mol. The lowest BCUT2D eigenvalue weighted by molar-refractivity contribution is 0.160. The number of hydrogen-bond acceptors (Lipinski definition) is 0. The van der Waals surface area contributed by atoms with Crippen LogP contribution in [0.5, 0.6) is 0 Å². The fourth-order valence-electron chi connectivity index (χ4n) is 5.02. The van der Waals surface area contributed by atoms with Crippen molar-refractivity contribution < 1.29 is 0 Å². The molecule has 0 heteroatoms. The fraction of sp³-hybridized carbons (Fsp3) is 1.00. The summed E-state index contributed by atoms with van der Waals surface area (Å²) in [5.74, 6) is 3.72. The third-order valence-electron chi connectivity index (χ3n) is 7.39. The van der Waals surface area contributed by atoms with E-state index in [4.69, 9.17) is 0 Å². The largest absolute Gasteiger partial charge is 0.0654 e. The minimum Gasteiger partial charge on any atom is -0.0654 e. The summed E-state index contributed by atoms with van der Waals surface area (Å²) in [6.45, 7) is 14.9. The molecule has 1 aliphatic carbocycles. The second-order valence-corrected chi connectivity index (χ2v) is 10.5. The molecule has 0 aromatic heterocycles. The first-order valence-electron chi connectivity index (χ1n) is 11.8. The number of rotatable bonds is 6. The van der Waals surface area contributed by atoms with Crippen LogP contribution in [0.2, 0.25) is 0 Å². The van der Waals surface area contributed by atoms with E-state index < -0.39 is 0 Å². The van der Waals surface area contributed by atoms with Gasteiger partial charge < -0.3 is 0 Å². The quantitative estimate of drug-likeness (QED) is 0.419. The smallest absolute Gasteiger partial charge is 0.0326 e. The molecule has 4 atom stereocenters. The predicted molar refractivity (Wildman–Crippen MR) is 115 cm³/mol. The Hall–Kier alpha value is 0. The first kappa shape index (κ1) is 23.0. The predicted octanol–water partition coefficient (Wildman–Crippen LogP) is 9.03. The molecular formula is C25H50. The summed E-state index contributed by atoms with van der Waals surface area (Å²) in [5, 5.41) is 0. The van der Waals surface area contributed by atoms with Crippen LogP contribution in [0.1, 0.15) is 131 Å². The van der Waals surface area contributed by atoms with Gasteiger partial charge >= 0.3 is 0 Å². The normalized spacial score (nSPS) is 32.4. The molecule has 1 fully saturated rings. The van der Waals surface area contributed by atoms with E-state index in [1.165, 1.54) is 89.9 Å². The Bertz CT molecular complexity index is 316. The SMILES string of the molecule is CCCCCCCC1CCC(C)CCCC(C)C(C)(C)CC(C)CC1. The molecule has 0 aromatic carbocycles. The van der Waals surface area contributed by atoms with Crippen LogP contribution in [0, 0.1) is 29.1 Å². The van der Waals surface area contributed by atoms with Crippen molar-refractivity contribution >= 4 is 0 Å². The minimum atomic E-state index is 0.520. The van der Waals surface area contributed by atoms with Gasteiger partial charge in [0.1, 0.15) is 0 Å². The van der Waals surface area contributed by atoms with Crippen LogP contribution in [-0.2, 0) is 0 Å². The molecule has 4 unspecified atom stereocenters. The van der Waals surface area contributed by atoms with Crippen LogP contribution in [-0.4, -0.2) is 0 Å². The maximum absolute atomic E-state index is 2.53. The van der Waals surface area contributed by atoms with Gasteiger partial charge in [-0.25, -0.2) is 0 Å². The van der Waals surface area contributed by atoms with E-state index in [1.54, 1.807) is 0 Å². The highest BCUT2D eigenvalue weighted by atomic mass is 14.3. The van der Waals surface area contributed by atoms with Crippen LogP contribution in [0.25, 0.3) is 0 Å².